The Balaban J connectivity index is 1.37. The molecule has 172 valence electrons. The summed E-state index contributed by atoms with van der Waals surface area (Å²) in [4.78, 5) is 21.1. The second kappa shape index (κ2) is 8.97. The number of nitrogens with one attached hydrogen (secondary N) is 1. The van der Waals surface area contributed by atoms with Crippen LogP contribution in [0, 0.1) is 0 Å². The Kier molecular flexibility index (Phi) is 6.03. The van der Waals surface area contributed by atoms with E-state index in [2.05, 4.69) is 35.2 Å². The molecule has 1 fully saturated rings. The van der Waals surface area contributed by atoms with Crippen LogP contribution in [0.5, 0.6) is 11.5 Å². The SMILES string of the molecule is CCCN(C)C(c1cnc(NC(=O)C2(c3ccc4c(c3)OCO4)CC2)s1)c1ccccc1Cl. The van der Waals surface area contributed by atoms with Crippen LogP contribution < -0.4 is 14.8 Å². The Morgan fingerprint density at radius 1 is 1.24 bits per heavy atom. The van der Waals surface area contributed by atoms with Crippen LogP contribution in [-0.2, 0) is 10.2 Å². The summed E-state index contributed by atoms with van der Waals surface area (Å²) in [5, 5.41) is 4.40. The Morgan fingerprint density at radius 3 is 2.79 bits per heavy atom. The van der Waals surface area contributed by atoms with Crippen molar-refractivity contribution in [1.29, 1.82) is 0 Å². The number of halogens is 1. The Hall–Kier alpha value is -2.61. The molecular formula is C25H26ClN3O3S. The van der Waals surface area contributed by atoms with Gasteiger partial charge in [0.25, 0.3) is 0 Å². The smallest absolute Gasteiger partial charge is 0.236 e. The fourth-order valence-electron chi connectivity index (χ4n) is 4.44. The number of aromatic nitrogens is 1. The van der Waals surface area contributed by atoms with E-state index in [0.29, 0.717) is 10.9 Å². The Labute approximate surface area is 202 Å². The highest BCUT2D eigenvalue weighted by atomic mass is 35.5. The number of ether oxygens (including phenoxy) is 2. The molecule has 0 radical (unpaired) electrons. The molecule has 1 N–H and O–H groups in total. The molecule has 1 unspecified atom stereocenters. The van der Waals surface area contributed by atoms with Gasteiger partial charge < -0.3 is 14.8 Å². The van der Waals surface area contributed by atoms with Crippen molar-refractivity contribution in [1.82, 2.24) is 9.88 Å². The van der Waals surface area contributed by atoms with Gasteiger partial charge in [-0.15, -0.1) is 0 Å². The van der Waals surface area contributed by atoms with Gasteiger partial charge in [-0.3, -0.25) is 9.69 Å². The molecule has 2 aromatic carbocycles. The van der Waals surface area contributed by atoms with Gasteiger partial charge in [0.1, 0.15) is 0 Å². The van der Waals surface area contributed by atoms with Gasteiger partial charge in [-0.1, -0.05) is 54.1 Å². The monoisotopic (exact) mass is 483 g/mol. The largest absolute Gasteiger partial charge is 0.454 e. The van der Waals surface area contributed by atoms with E-state index in [-0.39, 0.29) is 18.7 Å². The first-order valence-corrected chi connectivity index (χ1v) is 12.3. The Morgan fingerprint density at radius 2 is 2.03 bits per heavy atom. The second-order valence-corrected chi connectivity index (χ2v) is 10.0. The van der Waals surface area contributed by atoms with E-state index in [1.54, 1.807) is 0 Å². The maximum Gasteiger partial charge on any atom is 0.236 e. The molecule has 3 aromatic rings. The number of amides is 1. The lowest BCUT2D eigenvalue weighted by Crippen LogP contribution is -2.27. The van der Waals surface area contributed by atoms with Crippen LogP contribution in [0.15, 0.2) is 48.7 Å². The fraction of sp³-hybridized carbons (Fsp3) is 0.360. The van der Waals surface area contributed by atoms with Gasteiger partial charge in [-0.2, -0.15) is 0 Å². The number of hydrogen-bond acceptors (Lipinski definition) is 6. The van der Waals surface area contributed by atoms with Crippen molar-refractivity contribution in [2.45, 2.75) is 37.6 Å². The van der Waals surface area contributed by atoms with Gasteiger partial charge in [0.05, 0.1) is 11.5 Å². The number of carbonyl (C=O) groups excluding carboxylic acids is 1. The van der Waals surface area contributed by atoms with E-state index in [9.17, 15) is 4.79 Å². The zero-order valence-corrected chi connectivity index (χ0v) is 20.2. The van der Waals surface area contributed by atoms with Gasteiger partial charge in [-0.25, -0.2) is 4.98 Å². The van der Waals surface area contributed by atoms with Crippen molar-refractivity contribution in [2.24, 2.45) is 0 Å². The maximum atomic E-state index is 13.3. The van der Waals surface area contributed by atoms with Gasteiger partial charge in [0, 0.05) is 16.1 Å². The average molecular weight is 484 g/mol. The van der Waals surface area contributed by atoms with Crippen LogP contribution in [0.25, 0.3) is 0 Å². The zero-order chi connectivity index (χ0) is 23.0. The summed E-state index contributed by atoms with van der Waals surface area (Å²) in [7, 11) is 2.09. The highest BCUT2D eigenvalue weighted by molar-refractivity contribution is 7.15. The standard InChI is InChI=1S/C25H26ClN3O3S/c1-3-12-29(2)22(17-6-4-5-7-18(17)26)21-14-27-24(33-21)28-23(30)25(10-11-25)16-8-9-19-20(13-16)32-15-31-19/h4-9,13-14,22H,3,10-12,15H2,1-2H3,(H,27,28,30). The van der Waals surface area contributed by atoms with Crippen LogP contribution in [0.2, 0.25) is 5.02 Å². The van der Waals surface area contributed by atoms with E-state index < -0.39 is 5.41 Å². The molecule has 0 spiro atoms. The first kappa shape index (κ1) is 22.2. The third-order valence-corrected chi connectivity index (χ3v) is 7.65. The molecule has 0 saturated heterocycles. The van der Waals surface area contributed by atoms with Crippen LogP contribution in [0.4, 0.5) is 5.13 Å². The molecule has 2 heterocycles. The summed E-state index contributed by atoms with van der Waals surface area (Å²) in [5.74, 6) is 1.39. The molecule has 6 nitrogen and oxygen atoms in total. The quantitative estimate of drug-likeness (QED) is 0.450. The van der Waals surface area contributed by atoms with Crippen molar-refractivity contribution < 1.29 is 14.3 Å². The number of thiazole rings is 1. The predicted molar refractivity (Wildman–Crippen MR) is 130 cm³/mol. The van der Waals surface area contributed by atoms with Crippen molar-refractivity contribution in [3.05, 3.63) is 69.7 Å². The Bertz CT molecular complexity index is 1180. The number of nitrogens with zero attached hydrogens (tertiary/aromatic N) is 2. The first-order chi connectivity index (χ1) is 16.0. The highest BCUT2D eigenvalue weighted by Crippen LogP contribution is 2.51. The van der Waals surface area contributed by atoms with Gasteiger partial charge in [0.2, 0.25) is 12.7 Å². The lowest BCUT2D eigenvalue weighted by Gasteiger charge is -2.27. The number of fused-ring (bicyclic) bond motifs is 1. The lowest BCUT2D eigenvalue weighted by molar-refractivity contribution is -0.118. The predicted octanol–water partition coefficient (Wildman–Crippen LogP) is 5.63. The third kappa shape index (κ3) is 4.21. The summed E-state index contributed by atoms with van der Waals surface area (Å²) in [5.41, 5.74) is 1.46. The number of hydrogen-bond donors (Lipinski definition) is 1. The fourth-order valence-corrected chi connectivity index (χ4v) is 5.68. The van der Waals surface area contributed by atoms with Gasteiger partial charge in [0.15, 0.2) is 16.6 Å². The molecule has 1 atom stereocenters. The van der Waals surface area contributed by atoms with E-state index in [1.807, 2.05) is 42.6 Å². The van der Waals surface area contributed by atoms with Crippen LogP contribution in [-0.4, -0.2) is 36.2 Å². The minimum atomic E-state index is -0.534. The molecule has 1 amide bonds. The third-order valence-electron chi connectivity index (χ3n) is 6.34. The number of benzene rings is 2. The first-order valence-electron chi connectivity index (χ1n) is 11.1. The topological polar surface area (TPSA) is 63.7 Å². The molecule has 0 bridgehead atoms. The summed E-state index contributed by atoms with van der Waals surface area (Å²) >= 11 is 8.05. The molecule has 8 heteroatoms. The summed E-state index contributed by atoms with van der Waals surface area (Å²) in [6, 6.07) is 13.6. The van der Waals surface area contributed by atoms with E-state index >= 15 is 0 Å². The molecule has 2 aliphatic rings. The van der Waals surface area contributed by atoms with Crippen molar-refractivity contribution in [3.63, 3.8) is 0 Å². The zero-order valence-electron chi connectivity index (χ0n) is 18.6. The van der Waals surface area contributed by atoms with Gasteiger partial charge in [-0.05, 0) is 62.2 Å². The van der Waals surface area contributed by atoms with Crippen molar-refractivity contribution in [2.75, 3.05) is 25.7 Å². The number of carbonyl (C=O) groups is 1. The molecular weight excluding hydrogens is 458 g/mol. The summed E-state index contributed by atoms with van der Waals surface area (Å²) in [6.07, 6.45) is 4.48. The van der Waals surface area contributed by atoms with Crippen molar-refractivity contribution >= 4 is 34.0 Å². The second-order valence-electron chi connectivity index (χ2n) is 8.58. The normalized spacial score (nSPS) is 16.6. The highest BCUT2D eigenvalue weighted by Gasteiger charge is 2.52. The minimum Gasteiger partial charge on any atom is -0.454 e. The summed E-state index contributed by atoms with van der Waals surface area (Å²) < 4.78 is 10.9. The molecule has 1 aliphatic carbocycles. The summed E-state index contributed by atoms with van der Waals surface area (Å²) in [6.45, 7) is 3.30. The molecule has 1 aromatic heterocycles. The lowest BCUT2D eigenvalue weighted by atomic mass is 9.94. The van der Waals surface area contributed by atoms with Crippen molar-refractivity contribution in [3.8, 4) is 11.5 Å². The molecule has 5 rings (SSSR count). The molecule has 33 heavy (non-hydrogen) atoms. The maximum absolute atomic E-state index is 13.3. The number of anilines is 1. The molecule has 1 aliphatic heterocycles. The van der Waals surface area contributed by atoms with Crippen LogP contribution in [0.3, 0.4) is 0 Å². The van der Waals surface area contributed by atoms with Crippen LogP contribution in [0.1, 0.15) is 48.2 Å². The van der Waals surface area contributed by atoms with E-state index in [1.165, 1.54) is 11.3 Å². The minimum absolute atomic E-state index is 0.0226. The van der Waals surface area contributed by atoms with Gasteiger partial charge >= 0.3 is 0 Å². The van der Waals surface area contributed by atoms with E-state index in [0.717, 1.165) is 52.6 Å². The molecule has 1 saturated carbocycles. The van der Waals surface area contributed by atoms with E-state index in [4.69, 9.17) is 21.1 Å². The average Bonchev–Trinajstić information content (AvgIpc) is 3.27. The van der Waals surface area contributed by atoms with Crippen LogP contribution >= 0.6 is 22.9 Å². The number of rotatable bonds is 8.